The van der Waals surface area contributed by atoms with Gasteiger partial charge < -0.3 is 9.80 Å². The van der Waals surface area contributed by atoms with Crippen LogP contribution in [0.5, 0.6) is 0 Å². The lowest BCUT2D eigenvalue weighted by Gasteiger charge is -2.08. The van der Waals surface area contributed by atoms with E-state index in [2.05, 4.69) is 0 Å². The van der Waals surface area contributed by atoms with Gasteiger partial charge in [-0.15, -0.1) is 0 Å². The van der Waals surface area contributed by atoms with E-state index in [1.54, 1.807) is 19.0 Å². The maximum Gasteiger partial charge on any atom is 0.246 e. The Hall–Kier alpha value is -1.06. The Morgan fingerprint density at radius 3 is 2.27 bits per heavy atom. The fraction of sp³-hybridized carbons (Fsp3) is 0.714. The first-order chi connectivity index (χ1) is 5.04. The van der Waals surface area contributed by atoms with Gasteiger partial charge in [-0.05, 0) is 0 Å². The van der Waals surface area contributed by atoms with Gasteiger partial charge in [0.1, 0.15) is 6.04 Å². The van der Waals surface area contributed by atoms with Crippen LogP contribution in [0.2, 0.25) is 0 Å². The molecule has 0 aromatic heterocycles. The van der Waals surface area contributed by atoms with E-state index in [4.69, 9.17) is 0 Å². The monoisotopic (exact) mass is 156 g/mol. The highest BCUT2D eigenvalue weighted by molar-refractivity contribution is 5.91. The smallest absolute Gasteiger partial charge is 0.246 e. The molecule has 0 N–H and O–H groups in total. The van der Waals surface area contributed by atoms with Crippen LogP contribution in [0, 0.1) is 0 Å². The lowest BCUT2D eigenvalue weighted by molar-refractivity contribution is -0.132. The van der Waals surface area contributed by atoms with Gasteiger partial charge >= 0.3 is 0 Å². The minimum atomic E-state index is -0.178. The molecule has 1 saturated heterocycles. The molecule has 1 aliphatic heterocycles. The predicted octanol–water partition coefficient (Wildman–Crippen LogP) is -0.695. The molecular formula is C7H12N2O2. The molecule has 11 heavy (non-hydrogen) atoms. The lowest BCUT2D eigenvalue weighted by Crippen LogP contribution is -2.29. The van der Waals surface area contributed by atoms with E-state index in [9.17, 15) is 9.59 Å². The highest BCUT2D eigenvalue weighted by atomic mass is 16.2. The summed E-state index contributed by atoms with van der Waals surface area (Å²) in [5.74, 6) is -0.00889. The molecular weight excluding hydrogens is 144 g/mol. The SMILES string of the molecule is CC(=O)N1CC1C(=O)N(C)C. The third-order valence-electron chi connectivity index (χ3n) is 1.74. The Morgan fingerprint density at radius 2 is 2.00 bits per heavy atom. The first kappa shape index (κ1) is 8.04. The molecule has 0 bridgehead atoms. The number of hydrogen-bond donors (Lipinski definition) is 0. The van der Waals surface area contributed by atoms with Crippen molar-refractivity contribution >= 4 is 11.8 Å². The Labute approximate surface area is 65.8 Å². The van der Waals surface area contributed by atoms with Crippen LogP contribution in [0.15, 0.2) is 0 Å². The second-order valence-electron chi connectivity index (χ2n) is 2.92. The van der Waals surface area contributed by atoms with Gasteiger partial charge in [0.25, 0.3) is 0 Å². The summed E-state index contributed by atoms with van der Waals surface area (Å²) in [6.07, 6.45) is 0. The van der Waals surface area contributed by atoms with E-state index in [-0.39, 0.29) is 17.9 Å². The molecule has 1 rings (SSSR count). The van der Waals surface area contributed by atoms with E-state index in [0.717, 1.165) is 0 Å². The van der Waals surface area contributed by atoms with Crippen LogP contribution in [0.3, 0.4) is 0 Å². The molecule has 0 spiro atoms. The molecule has 1 fully saturated rings. The maximum absolute atomic E-state index is 11.2. The first-order valence-electron chi connectivity index (χ1n) is 3.52. The maximum atomic E-state index is 11.2. The largest absolute Gasteiger partial charge is 0.347 e. The van der Waals surface area contributed by atoms with Crippen molar-refractivity contribution in [2.24, 2.45) is 0 Å². The summed E-state index contributed by atoms with van der Waals surface area (Å²) >= 11 is 0. The van der Waals surface area contributed by atoms with Gasteiger partial charge in [0.2, 0.25) is 11.8 Å². The molecule has 0 aliphatic carbocycles. The Morgan fingerprint density at radius 1 is 1.45 bits per heavy atom. The zero-order chi connectivity index (χ0) is 8.59. The number of hydrogen-bond acceptors (Lipinski definition) is 2. The zero-order valence-corrected chi connectivity index (χ0v) is 7.00. The topological polar surface area (TPSA) is 40.4 Å². The highest BCUT2D eigenvalue weighted by Gasteiger charge is 2.42. The summed E-state index contributed by atoms with van der Waals surface area (Å²) in [7, 11) is 3.39. The molecule has 4 heteroatoms. The molecule has 1 atom stereocenters. The summed E-state index contributed by atoms with van der Waals surface area (Å²) in [6, 6.07) is -0.178. The standard InChI is InChI=1S/C7H12N2O2/c1-5(10)9-4-6(9)7(11)8(2)3/h6H,4H2,1-3H3. The van der Waals surface area contributed by atoms with E-state index >= 15 is 0 Å². The molecule has 0 saturated carbocycles. The molecule has 2 amide bonds. The van der Waals surface area contributed by atoms with Crippen molar-refractivity contribution in [3.05, 3.63) is 0 Å². The molecule has 1 aliphatic rings. The van der Waals surface area contributed by atoms with Crippen molar-refractivity contribution in [2.45, 2.75) is 13.0 Å². The predicted molar refractivity (Wildman–Crippen MR) is 39.9 cm³/mol. The summed E-state index contributed by atoms with van der Waals surface area (Å²) in [5, 5.41) is 0. The van der Waals surface area contributed by atoms with E-state index < -0.39 is 0 Å². The van der Waals surface area contributed by atoms with Gasteiger partial charge in [-0.2, -0.15) is 0 Å². The number of nitrogens with zero attached hydrogens (tertiary/aromatic N) is 2. The van der Waals surface area contributed by atoms with Gasteiger partial charge in [0, 0.05) is 21.0 Å². The number of rotatable bonds is 1. The van der Waals surface area contributed by atoms with Crippen molar-refractivity contribution in [2.75, 3.05) is 20.6 Å². The van der Waals surface area contributed by atoms with Gasteiger partial charge in [0.05, 0.1) is 6.54 Å². The van der Waals surface area contributed by atoms with Gasteiger partial charge in [0.15, 0.2) is 0 Å². The molecule has 62 valence electrons. The summed E-state index contributed by atoms with van der Waals surface area (Å²) < 4.78 is 0. The van der Waals surface area contributed by atoms with Crippen molar-refractivity contribution < 1.29 is 9.59 Å². The molecule has 1 heterocycles. The number of amides is 2. The number of carbonyl (C=O) groups is 2. The molecule has 0 aromatic rings. The van der Waals surface area contributed by atoms with Gasteiger partial charge in [-0.25, -0.2) is 0 Å². The molecule has 0 aromatic carbocycles. The van der Waals surface area contributed by atoms with Crippen LogP contribution in [0.4, 0.5) is 0 Å². The minimum Gasteiger partial charge on any atom is -0.347 e. The average molecular weight is 156 g/mol. The van der Waals surface area contributed by atoms with Gasteiger partial charge in [-0.3, -0.25) is 9.59 Å². The van der Waals surface area contributed by atoms with E-state index in [0.29, 0.717) is 6.54 Å². The Kier molecular flexibility index (Phi) is 1.85. The lowest BCUT2D eigenvalue weighted by atomic mass is 10.4. The summed E-state index contributed by atoms with van der Waals surface area (Å²) in [6.45, 7) is 2.06. The Balaban J connectivity index is 2.44. The van der Waals surface area contributed by atoms with E-state index in [1.165, 1.54) is 11.8 Å². The minimum absolute atomic E-state index is 0.0141. The third kappa shape index (κ3) is 1.50. The van der Waals surface area contributed by atoms with Crippen LogP contribution in [0.25, 0.3) is 0 Å². The van der Waals surface area contributed by atoms with Crippen LogP contribution in [-0.2, 0) is 9.59 Å². The quantitative estimate of drug-likeness (QED) is 0.471. The normalized spacial score (nSPS) is 21.4. The fourth-order valence-electron chi connectivity index (χ4n) is 0.997. The highest BCUT2D eigenvalue weighted by Crippen LogP contribution is 2.18. The third-order valence-corrected chi connectivity index (χ3v) is 1.74. The zero-order valence-electron chi connectivity index (χ0n) is 7.00. The summed E-state index contributed by atoms with van der Waals surface area (Å²) in [4.78, 5) is 24.9. The second-order valence-corrected chi connectivity index (χ2v) is 2.92. The van der Waals surface area contributed by atoms with E-state index in [1.807, 2.05) is 0 Å². The first-order valence-corrected chi connectivity index (χ1v) is 3.52. The second kappa shape index (κ2) is 2.53. The van der Waals surface area contributed by atoms with Gasteiger partial charge in [-0.1, -0.05) is 0 Å². The Bertz CT molecular complexity index is 201. The molecule has 1 unspecified atom stereocenters. The fourth-order valence-corrected chi connectivity index (χ4v) is 0.997. The van der Waals surface area contributed by atoms with Crippen LogP contribution in [0.1, 0.15) is 6.92 Å². The van der Waals surface area contributed by atoms with Crippen molar-refractivity contribution in [1.82, 2.24) is 9.80 Å². The number of carbonyl (C=O) groups excluding carboxylic acids is 2. The summed E-state index contributed by atoms with van der Waals surface area (Å²) in [5.41, 5.74) is 0. The van der Waals surface area contributed by atoms with Crippen molar-refractivity contribution in [3.8, 4) is 0 Å². The van der Waals surface area contributed by atoms with Crippen molar-refractivity contribution in [3.63, 3.8) is 0 Å². The molecule has 4 nitrogen and oxygen atoms in total. The number of likely N-dealkylation sites (N-methyl/N-ethyl adjacent to an activating group) is 1. The van der Waals surface area contributed by atoms with Crippen LogP contribution < -0.4 is 0 Å². The van der Waals surface area contributed by atoms with Crippen molar-refractivity contribution in [1.29, 1.82) is 0 Å². The van der Waals surface area contributed by atoms with Crippen LogP contribution in [-0.4, -0.2) is 48.3 Å². The van der Waals surface area contributed by atoms with Crippen LogP contribution >= 0.6 is 0 Å². The molecule has 0 radical (unpaired) electrons. The average Bonchev–Trinajstić information content (AvgIpc) is 2.63.